The van der Waals surface area contributed by atoms with Gasteiger partial charge in [0.15, 0.2) is 0 Å². The van der Waals surface area contributed by atoms with Crippen LogP contribution in [0, 0.1) is 6.92 Å². The molecule has 4 heteroatoms. The van der Waals surface area contributed by atoms with Gasteiger partial charge in [-0.05, 0) is 37.1 Å². The molecule has 0 fully saturated rings. The summed E-state index contributed by atoms with van der Waals surface area (Å²) in [6.45, 7) is 3.98. The van der Waals surface area contributed by atoms with E-state index in [1.54, 1.807) is 11.8 Å². The van der Waals surface area contributed by atoms with E-state index in [0.717, 1.165) is 22.6 Å². The van der Waals surface area contributed by atoms with Crippen LogP contribution in [0.2, 0.25) is 0 Å². The average molecular weight is 265 g/mol. The normalized spacial score (nSPS) is 11.4. The smallest absolute Gasteiger partial charge is 0.333 e. The van der Waals surface area contributed by atoms with E-state index in [4.69, 9.17) is 10.5 Å². The van der Waals surface area contributed by atoms with Crippen LogP contribution in [0.5, 0.6) is 0 Å². The van der Waals surface area contributed by atoms with Crippen LogP contribution in [0.25, 0.3) is 0 Å². The molecule has 2 N–H and O–H groups in total. The number of carbonyl (C=O) groups is 1. The third-order valence-corrected chi connectivity index (χ3v) is 3.70. The van der Waals surface area contributed by atoms with Gasteiger partial charge in [0, 0.05) is 21.9 Å². The number of anilines is 1. The van der Waals surface area contributed by atoms with E-state index >= 15 is 0 Å². The number of carbonyl (C=O) groups excluding carboxylic acids is 1. The summed E-state index contributed by atoms with van der Waals surface area (Å²) in [5.41, 5.74) is 8.35. The molecule has 0 aliphatic carbocycles. The van der Waals surface area contributed by atoms with Crippen LogP contribution >= 0.6 is 11.8 Å². The molecule has 0 heterocycles. The van der Waals surface area contributed by atoms with Crippen LogP contribution in [0.1, 0.15) is 18.9 Å². The SMILES string of the molecule is CCC(=CCSc1ccc(N)cc1C)C(=O)OC. The number of ether oxygens (including phenoxy) is 1. The molecule has 98 valence electrons. The summed E-state index contributed by atoms with van der Waals surface area (Å²) in [6.07, 6.45) is 2.61. The third kappa shape index (κ3) is 4.11. The molecular weight excluding hydrogens is 246 g/mol. The largest absolute Gasteiger partial charge is 0.466 e. The Kier molecular flexibility index (Phi) is 5.78. The molecule has 3 nitrogen and oxygen atoms in total. The lowest BCUT2D eigenvalue weighted by molar-refractivity contribution is -0.136. The lowest BCUT2D eigenvalue weighted by Crippen LogP contribution is -2.04. The van der Waals surface area contributed by atoms with E-state index in [9.17, 15) is 4.79 Å². The number of nitrogen functional groups attached to an aromatic ring is 1. The second-order valence-corrected chi connectivity index (χ2v) is 4.97. The fraction of sp³-hybridized carbons (Fsp3) is 0.357. The Hall–Kier alpha value is -1.42. The van der Waals surface area contributed by atoms with E-state index in [1.807, 2.05) is 38.1 Å². The Bertz CT molecular complexity index is 455. The molecular formula is C14H19NO2S. The van der Waals surface area contributed by atoms with Gasteiger partial charge in [-0.15, -0.1) is 11.8 Å². The summed E-state index contributed by atoms with van der Waals surface area (Å²) in [5.74, 6) is 0.510. The summed E-state index contributed by atoms with van der Waals surface area (Å²) in [7, 11) is 1.41. The number of rotatable bonds is 5. The molecule has 0 bridgehead atoms. The minimum atomic E-state index is -0.243. The maximum atomic E-state index is 11.4. The van der Waals surface area contributed by atoms with Gasteiger partial charge < -0.3 is 10.5 Å². The number of hydrogen-bond acceptors (Lipinski definition) is 4. The standard InChI is InChI=1S/C14H19NO2S/c1-4-11(14(16)17-3)7-8-18-13-6-5-12(15)9-10(13)2/h5-7,9H,4,8,15H2,1-3H3. The molecule has 0 saturated heterocycles. The van der Waals surface area contributed by atoms with Gasteiger partial charge in [0.25, 0.3) is 0 Å². The highest BCUT2D eigenvalue weighted by Crippen LogP contribution is 2.24. The van der Waals surface area contributed by atoms with Crippen LogP contribution in [-0.4, -0.2) is 18.8 Å². The van der Waals surface area contributed by atoms with Crippen molar-refractivity contribution in [1.82, 2.24) is 0 Å². The number of aryl methyl sites for hydroxylation is 1. The maximum absolute atomic E-state index is 11.4. The molecule has 0 atom stereocenters. The quantitative estimate of drug-likeness (QED) is 0.384. The minimum Gasteiger partial charge on any atom is -0.466 e. The Labute approximate surface area is 112 Å². The van der Waals surface area contributed by atoms with Crippen molar-refractivity contribution in [2.45, 2.75) is 25.2 Å². The topological polar surface area (TPSA) is 52.3 Å². The summed E-state index contributed by atoms with van der Waals surface area (Å²) in [6, 6.07) is 5.85. The van der Waals surface area contributed by atoms with Crippen molar-refractivity contribution in [3.05, 3.63) is 35.4 Å². The van der Waals surface area contributed by atoms with Crippen molar-refractivity contribution < 1.29 is 9.53 Å². The number of esters is 1. The molecule has 0 spiro atoms. The molecule has 0 aliphatic heterocycles. The Morgan fingerprint density at radius 1 is 1.50 bits per heavy atom. The minimum absolute atomic E-state index is 0.243. The second-order valence-electron chi connectivity index (χ2n) is 3.91. The number of thioether (sulfide) groups is 1. The third-order valence-electron chi connectivity index (χ3n) is 2.60. The van der Waals surface area contributed by atoms with Crippen molar-refractivity contribution in [1.29, 1.82) is 0 Å². The van der Waals surface area contributed by atoms with Gasteiger partial charge in [0.1, 0.15) is 0 Å². The number of benzene rings is 1. The second kappa shape index (κ2) is 7.11. The Morgan fingerprint density at radius 3 is 2.78 bits per heavy atom. The van der Waals surface area contributed by atoms with Crippen LogP contribution in [0.3, 0.4) is 0 Å². The monoisotopic (exact) mass is 265 g/mol. The highest BCUT2D eigenvalue weighted by molar-refractivity contribution is 7.99. The number of hydrogen-bond donors (Lipinski definition) is 1. The van der Waals surface area contributed by atoms with Crippen LogP contribution in [-0.2, 0) is 9.53 Å². The predicted octanol–water partition coefficient (Wildman–Crippen LogP) is 3.18. The van der Waals surface area contributed by atoms with E-state index in [-0.39, 0.29) is 5.97 Å². The fourth-order valence-corrected chi connectivity index (χ4v) is 2.48. The summed E-state index contributed by atoms with van der Waals surface area (Å²) >= 11 is 1.69. The average Bonchev–Trinajstić information content (AvgIpc) is 2.36. The van der Waals surface area contributed by atoms with Crippen molar-refractivity contribution >= 4 is 23.4 Å². The molecule has 1 rings (SSSR count). The van der Waals surface area contributed by atoms with E-state index in [0.29, 0.717) is 6.42 Å². The fourth-order valence-electron chi connectivity index (χ4n) is 1.57. The molecule has 1 aromatic carbocycles. The van der Waals surface area contributed by atoms with Gasteiger partial charge in [-0.25, -0.2) is 4.79 Å². The molecule has 0 aromatic heterocycles. The zero-order valence-electron chi connectivity index (χ0n) is 11.0. The highest BCUT2D eigenvalue weighted by Gasteiger charge is 2.06. The molecule has 0 amide bonds. The van der Waals surface area contributed by atoms with Crippen LogP contribution < -0.4 is 5.73 Å². The van der Waals surface area contributed by atoms with Gasteiger partial charge >= 0.3 is 5.97 Å². The molecule has 0 aliphatic rings. The highest BCUT2D eigenvalue weighted by atomic mass is 32.2. The zero-order valence-corrected chi connectivity index (χ0v) is 11.8. The molecule has 0 saturated carbocycles. The van der Waals surface area contributed by atoms with Crippen molar-refractivity contribution in [3.63, 3.8) is 0 Å². The van der Waals surface area contributed by atoms with Gasteiger partial charge in [0.05, 0.1) is 7.11 Å². The number of methoxy groups -OCH3 is 1. The number of nitrogens with two attached hydrogens (primary N) is 1. The summed E-state index contributed by atoms with van der Waals surface area (Å²) < 4.78 is 4.71. The summed E-state index contributed by atoms with van der Waals surface area (Å²) in [4.78, 5) is 12.6. The first-order chi connectivity index (χ1) is 8.58. The summed E-state index contributed by atoms with van der Waals surface area (Å²) in [5, 5.41) is 0. The van der Waals surface area contributed by atoms with Gasteiger partial charge in [-0.2, -0.15) is 0 Å². The lowest BCUT2D eigenvalue weighted by atomic mass is 10.2. The predicted molar refractivity (Wildman–Crippen MR) is 76.7 cm³/mol. The lowest BCUT2D eigenvalue weighted by Gasteiger charge is -2.06. The van der Waals surface area contributed by atoms with Crippen molar-refractivity contribution in [2.75, 3.05) is 18.6 Å². The Balaban J connectivity index is 2.65. The molecule has 0 radical (unpaired) electrons. The van der Waals surface area contributed by atoms with E-state index < -0.39 is 0 Å². The first kappa shape index (κ1) is 14.6. The zero-order chi connectivity index (χ0) is 13.5. The van der Waals surface area contributed by atoms with Gasteiger partial charge in [-0.3, -0.25) is 0 Å². The van der Waals surface area contributed by atoms with Gasteiger partial charge in [0.2, 0.25) is 0 Å². The van der Waals surface area contributed by atoms with Crippen molar-refractivity contribution in [2.24, 2.45) is 0 Å². The van der Waals surface area contributed by atoms with E-state index in [2.05, 4.69) is 0 Å². The van der Waals surface area contributed by atoms with Gasteiger partial charge in [-0.1, -0.05) is 13.0 Å². The van der Waals surface area contributed by atoms with Crippen LogP contribution in [0.15, 0.2) is 34.7 Å². The van der Waals surface area contributed by atoms with Crippen LogP contribution in [0.4, 0.5) is 5.69 Å². The molecule has 18 heavy (non-hydrogen) atoms. The Morgan fingerprint density at radius 2 is 2.22 bits per heavy atom. The molecule has 1 aromatic rings. The first-order valence-corrected chi connectivity index (χ1v) is 6.83. The van der Waals surface area contributed by atoms with E-state index in [1.165, 1.54) is 12.0 Å². The maximum Gasteiger partial charge on any atom is 0.333 e. The van der Waals surface area contributed by atoms with Crippen molar-refractivity contribution in [3.8, 4) is 0 Å². The first-order valence-electron chi connectivity index (χ1n) is 5.84. The molecule has 0 unspecified atom stereocenters.